The van der Waals surface area contributed by atoms with Crippen molar-refractivity contribution >= 4 is 0 Å². The molecule has 0 unspecified atom stereocenters. The predicted octanol–water partition coefficient (Wildman–Crippen LogP) is 7.21. The maximum atomic E-state index is 8.44. The van der Waals surface area contributed by atoms with Gasteiger partial charge in [0.15, 0.2) is 0 Å². The fourth-order valence-electron chi connectivity index (χ4n) is 4.99. The molecule has 2 rings (SSSR count). The SMILES string of the molecule is CCCCC1CCC(C2CCC(CC/C=C/C=C/C#N)CC2)CC1. The van der Waals surface area contributed by atoms with Crippen LogP contribution in [0.15, 0.2) is 24.3 Å². The zero-order chi connectivity index (χ0) is 17.0. The molecule has 0 radical (unpaired) electrons. The lowest BCUT2D eigenvalue weighted by Gasteiger charge is -2.38. The maximum Gasteiger partial charge on any atom is 0.0912 e. The molecule has 2 fully saturated rings. The van der Waals surface area contributed by atoms with Crippen molar-refractivity contribution in [3.63, 3.8) is 0 Å². The van der Waals surface area contributed by atoms with Crippen LogP contribution in [0, 0.1) is 35.0 Å². The van der Waals surface area contributed by atoms with Crippen LogP contribution in [0.2, 0.25) is 0 Å². The van der Waals surface area contributed by atoms with Gasteiger partial charge in [0.1, 0.15) is 0 Å². The second kappa shape index (κ2) is 11.5. The van der Waals surface area contributed by atoms with Gasteiger partial charge in [-0.25, -0.2) is 0 Å². The normalized spacial score (nSPS) is 31.5. The second-order valence-electron chi connectivity index (χ2n) is 8.20. The van der Waals surface area contributed by atoms with Crippen molar-refractivity contribution in [3.8, 4) is 6.07 Å². The summed E-state index contributed by atoms with van der Waals surface area (Å²) in [6.45, 7) is 2.32. The lowest BCUT2D eigenvalue weighted by molar-refractivity contribution is 0.141. The fraction of sp³-hybridized carbons (Fsp3) is 0.783. The molecule has 2 saturated carbocycles. The minimum Gasteiger partial charge on any atom is -0.193 e. The molecule has 2 aliphatic rings. The summed E-state index contributed by atoms with van der Waals surface area (Å²) < 4.78 is 0. The van der Waals surface area contributed by atoms with Gasteiger partial charge in [-0.05, 0) is 62.2 Å². The third-order valence-corrected chi connectivity index (χ3v) is 6.57. The van der Waals surface area contributed by atoms with E-state index in [2.05, 4.69) is 13.0 Å². The Balaban J connectivity index is 1.59. The molecular weight excluding hydrogens is 290 g/mol. The maximum absolute atomic E-state index is 8.44. The Morgan fingerprint density at radius 1 is 0.833 bits per heavy atom. The fourth-order valence-corrected chi connectivity index (χ4v) is 4.99. The summed E-state index contributed by atoms with van der Waals surface area (Å²) in [6, 6.07) is 2.02. The van der Waals surface area contributed by atoms with Crippen molar-refractivity contribution in [2.75, 3.05) is 0 Å². The van der Waals surface area contributed by atoms with Crippen molar-refractivity contribution in [3.05, 3.63) is 24.3 Å². The first kappa shape index (κ1) is 19.3. The van der Waals surface area contributed by atoms with Gasteiger partial charge in [0, 0.05) is 6.08 Å². The van der Waals surface area contributed by atoms with Crippen LogP contribution in [-0.2, 0) is 0 Å². The molecule has 0 atom stereocenters. The zero-order valence-electron chi connectivity index (χ0n) is 15.8. The molecule has 0 N–H and O–H groups in total. The van der Waals surface area contributed by atoms with Crippen LogP contribution in [0.4, 0.5) is 0 Å². The number of allylic oxidation sites excluding steroid dienone is 4. The standard InChI is InChI=1S/C23H37N/c1-2-3-9-20-11-15-22(16-12-20)23-17-13-21(14-18-23)10-7-5-4-6-8-19-24/h4-6,8,20-23H,2-3,7,9-18H2,1H3/b5-4+,8-6+. The van der Waals surface area contributed by atoms with Gasteiger partial charge < -0.3 is 0 Å². The van der Waals surface area contributed by atoms with Crippen molar-refractivity contribution in [1.82, 2.24) is 0 Å². The Labute approximate surface area is 150 Å². The molecule has 1 nitrogen and oxygen atoms in total. The lowest BCUT2D eigenvalue weighted by atomic mass is 9.68. The Kier molecular flexibility index (Phi) is 9.26. The highest BCUT2D eigenvalue weighted by Crippen LogP contribution is 2.43. The molecule has 0 aromatic carbocycles. The number of nitriles is 1. The van der Waals surface area contributed by atoms with Crippen LogP contribution in [0.3, 0.4) is 0 Å². The van der Waals surface area contributed by atoms with E-state index in [1.807, 2.05) is 18.2 Å². The van der Waals surface area contributed by atoms with E-state index >= 15 is 0 Å². The molecule has 0 bridgehead atoms. The van der Waals surface area contributed by atoms with E-state index in [1.165, 1.54) is 83.5 Å². The van der Waals surface area contributed by atoms with Gasteiger partial charge in [-0.2, -0.15) is 5.26 Å². The van der Waals surface area contributed by atoms with E-state index in [-0.39, 0.29) is 0 Å². The number of rotatable bonds is 8. The molecule has 0 saturated heterocycles. The molecule has 0 heterocycles. The first-order chi connectivity index (χ1) is 11.8. The third kappa shape index (κ3) is 6.84. The summed E-state index contributed by atoms with van der Waals surface area (Å²) in [5.74, 6) is 4.11. The number of hydrogen-bond donors (Lipinski definition) is 0. The smallest absolute Gasteiger partial charge is 0.0912 e. The Bertz CT molecular complexity index is 412. The van der Waals surface area contributed by atoms with Gasteiger partial charge in [-0.3, -0.25) is 0 Å². The van der Waals surface area contributed by atoms with Gasteiger partial charge in [0.25, 0.3) is 0 Å². The van der Waals surface area contributed by atoms with E-state index in [4.69, 9.17) is 5.26 Å². The van der Waals surface area contributed by atoms with Crippen molar-refractivity contribution in [2.24, 2.45) is 23.7 Å². The van der Waals surface area contributed by atoms with Crippen LogP contribution < -0.4 is 0 Å². The predicted molar refractivity (Wildman–Crippen MR) is 104 cm³/mol. The molecule has 1 heteroatoms. The van der Waals surface area contributed by atoms with E-state index in [9.17, 15) is 0 Å². The highest BCUT2D eigenvalue weighted by atomic mass is 14.4. The highest BCUT2D eigenvalue weighted by molar-refractivity contribution is 5.11. The van der Waals surface area contributed by atoms with Gasteiger partial charge >= 0.3 is 0 Å². The first-order valence-corrected chi connectivity index (χ1v) is 10.5. The van der Waals surface area contributed by atoms with Crippen LogP contribution in [0.25, 0.3) is 0 Å². The van der Waals surface area contributed by atoms with E-state index in [0.29, 0.717) is 0 Å². The summed E-state index contributed by atoms with van der Waals surface area (Å²) in [4.78, 5) is 0. The molecule has 0 aromatic rings. The second-order valence-corrected chi connectivity index (χ2v) is 8.20. The highest BCUT2D eigenvalue weighted by Gasteiger charge is 2.30. The average molecular weight is 328 g/mol. The van der Waals surface area contributed by atoms with Crippen LogP contribution in [0.1, 0.15) is 90.4 Å². The monoisotopic (exact) mass is 327 g/mol. The quantitative estimate of drug-likeness (QED) is 0.341. The Morgan fingerprint density at radius 3 is 1.96 bits per heavy atom. The number of unbranched alkanes of at least 4 members (excludes halogenated alkanes) is 1. The van der Waals surface area contributed by atoms with Crippen LogP contribution >= 0.6 is 0 Å². The average Bonchev–Trinajstić information content (AvgIpc) is 2.64. The van der Waals surface area contributed by atoms with Crippen LogP contribution in [0.5, 0.6) is 0 Å². The van der Waals surface area contributed by atoms with Gasteiger partial charge in [-0.1, -0.05) is 70.1 Å². The topological polar surface area (TPSA) is 23.8 Å². The molecule has 24 heavy (non-hydrogen) atoms. The largest absolute Gasteiger partial charge is 0.193 e. The van der Waals surface area contributed by atoms with Gasteiger partial charge in [0.05, 0.1) is 6.07 Å². The van der Waals surface area contributed by atoms with E-state index in [0.717, 1.165) is 23.7 Å². The minimum absolute atomic E-state index is 0.951. The minimum atomic E-state index is 0.951. The lowest BCUT2D eigenvalue weighted by Crippen LogP contribution is -2.25. The van der Waals surface area contributed by atoms with Crippen LogP contribution in [-0.4, -0.2) is 0 Å². The number of nitrogens with zero attached hydrogens (tertiary/aromatic N) is 1. The molecular formula is C23H37N. The van der Waals surface area contributed by atoms with E-state index in [1.54, 1.807) is 6.08 Å². The molecule has 0 aliphatic heterocycles. The first-order valence-electron chi connectivity index (χ1n) is 10.5. The summed E-state index contributed by atoms with van der Waals surface area (Å²) in [5.41, 5.74) is 0. The molecule has 134 valence electrons. The molecule has 0 aromatic heterocycles. The summed E-state index contributed by atoms with van der Waals surface area (Å²) >= 11 is 0. The molecule has 0 spiro atoms. The van der Waals surface area contributed by atoms with Crippen molar-refractivity contribution < 1.29 is 0 Å². The molecule has 2 aliphatic carbocycles. The number of hydrogen-bond acceptors (Lipinski definition) is 1. The third-order valence-electron chi connectivity index (χ3n) is 6.57. The van der Waals surface area contributed by atoms with Gasteiger partial charge in [0.2, 0.25) is 0 Å². The summed E-state index contributed by atoms with van der Waals surface area (Å²) in [5, 5.41) is 8.44. The summed E-state index contributed by atoms with van der Waals surface area (Å²) in [7, 11) is 0. The van der Waals surface area contributed by atoms with Crippen molar-refractivity contribution in [2.45, 2.75) is 90.4 Å². The van der Waals surface area contributed by atoms with Crippen molar-refractivity contribution in [1.29, 1.82) is 5.26 Å². The summed E-state index contributed by atoms with van der Waals surface area (Å²) in [6.07, 6.45) is 26.4. The zero-order valence-corrected chi connectivity index (χ0v) is 15.8. The molecule has 0 amide bonds. The Morgan fingerprint density at radius 2 is 1.42 bits per heavy atom. The Hall–Kier alpha value is -1.03. The van der Waals surface area contributed by atoms with Gasteiger partial charge in [-0.15, -0.1) is 0 Å². The van der Waals surface area contributed by atoms with E-state index < -0.39 is 0 Å².